The second-order valence-corrected chi connectivity index (χ2v) is 8.50. The molecular weight excluding hydrogens is 362 g/mol. The zero-order valence-corrected chi connectivity index (χ0v) is 18.1. The summed E-state index contributed by atoms with van der Waals surface area (Å²) in [5.74, 6) is 0.00932. The van der Waals surface area contributed by atoms with Crippen LogP contribution in [0.15, 0.2) is 11.1 Å². The third-order valence-electron chi connectivity index (χ3n) is 4.56. The fourth-order valence-corrected chi connectivity index (χ4v) is 4.13. The minimum Gasteiger partial charge on any atom is -0.338 e. The lowest BCUT2D eigenvalue weighted by Gasteiger charge is -2.24. The third kappa shape index (κ3) is 5.37. The average Bonchev–Trinajstić information content (AvgIpc) is 2.93. The maximum absolute atomic E-state index is 13.3. The number of carbonyl (C=O) groups excluding carboxylic acids is 1. The molecule has 0 aliphatic carbocycles. The van der Waals surface area contributed by atoms with E-state index < -0.39 is 0 Å². The van der Waals surface area contributed by atoms with Crippen LogP contribution in [0.3, 0.4) is 0 Å². The van der Waals surface area contributed by atoms with E-state index >= 15 is 0 Å². The van der Waals surface area contributed by atoms with Crippen LogP contribution in [0.4, 0.5) is 0 Å². The molecule has 0 radical (unpaired) electrons. The Morgan fingerprint density at radius 2 is 1.63 bits per heavy atom. The molecule has 0 saturated heterocycles. The molecule has 27 heavy (non-hydrogen) atoms. The molecule has 8 heteroatoms. The third-order valence-corrected chi connectivity index (χ3v) is 5.75. The monoisotopic (exact) mass is 393 g/mol. The zero-order valence-electron chi connectivity index (χ0n) is 17.3. The van der Waals surface area contributed by atoms with Crippen molar-refractivity contribution in [3.8, 4) is 0 Å². The molecule has 150 valence electrons. The molecule has 2 aromatic heterocycles. The maximum Gasteiger partial charge on any atom is 0.264 e. The Labute approximate surface area is 165 Å². The van der Waals surface area contributed by atoms with Gasteiger partial charge >= 0.3 is 0 Å². The standard InChI is InChI=1S/C19H31N5O2S/c1-14-15-17(20-13-23(6)18(15)25)27-16(14)19(26)24(11-7-9-21(2)3)12-8-10-22(4)5/h13H,7-12H2,1-6H3. The highest BCUT2D eigenvalue weighted by Crippen LogP contribution is 2.28. The number of fused-ring (bicyclic) bond motifs is 1. The van der Waals surface area contributed by atoms with Gasteiger partial charge in [0.05, 0.1) is 16.6 Å². The van der Waals surface area contributed by atoms with Crippen LogP contribution in [-0.2, 0) is 7.05 Å². The molecule has 0 atom stereocenters. The number of hydrogen-bond donors (Lipinski definition) is 0. The first-order valence-corrected chi connectivity index (χ1v) is 10.1. The first kappa shape index (κ1) is 21.5. The smallest absolute Gasteiger partial charge is 0.264 e. The van der Waals surface area contributed by atoms with Crippen LogP contribution in [0.1, 0.15) is 28.1 Å². The van der Waals surface area contributed by atoms with Crippen molar-refractivity contribution < 1.29 is 4.79 Å². The number of aromatic nitrogens is 2. The Hall–Kier alpha value is -1.77. The Kier molecular flexibility index (Phi) is 7.52. The van der Waals surface area contributed by atoms with Crippen molar-refractivity contribution in [2.24, 2.45) is 7.05 Å². The molecule has 0 aliphatic rings. The molecule has 0 unspecified atom stereocenters. The highest BCUT2D eigenvalue weighted by molar-refractivity contribution is 7.20. The molecule has 2 aromatic rings. The molecule has 0 bridgehead atoms. The first-order chi connectivity index (χ1) is 12.7. The predicted octanol–water partition coefficient (Wildman–Crippen LogP) is 1.65. The van der Waals surface area contributed by atoms with E-state index in [9.17, 15) is 9.59 Å². The van der Waals surface area contributed by atoms with E-state index in [0.29, 0.717) is 28.2 Å². The highest BCUT2D eigenvalue weighted by Gasteiger charge is 2.23. The Bertz CT molecular complexity index is 826. The second-order valence-electron chi connectivity index (χ2n) is 7.50. The van der Waals surface area contributed by atoms with Crippen LogP contribution in [0.5, 0.6) is 0 Å². The van der Waals surface area contributed by atoms with Gasteiger partial charge in [0.25, 0.3) is 11.5 Å². The van der Waals surface area contributed by atoms with Crippen molar-refractivity contribution in [2.75, 3.05) is 54.4 Å². The van der Waals surface area contributed by atoms with E-state index in [0.717, 1.165) is 31.5 Å². The van der Waals surface area contributed by atoms with Gasteiger partial charge < -0.3 is 19.3 Å². The number of hydrogen-bond acceptors (Lipinski definition) is 6. The molecule has 0 aliphatic heterocycles. The van der Waals surface area contributed by atoms with Gasteiger partial charge in [-0.05, 0) is 66.6 Å². The average molecular weight is 394 g/mol. The van der Waals surface area contributed by atoms with Crippen molar-refractivity contribution in [3.05, 3.63) is 27.1 Å². The van der Waals surface area contributed by atoms with Crippen molar-refractivity contribution in [2.45, 2.75) is 19.8 Å². The minimum atomic E-state index is -0.0976. The summed E-state index contributed by atoms with van der Waals surface area (Å²) in [5.41, 5.74) is 0.651. The lowest BCUT2D eigenvalue weighted by Crippen LogP contribution is -2.35. The van der Waals surface area contributed by atoms with Crippen molar-refractivity contribution in [1.82, 2.24) is 24.3 Å². The maximum atomic E-state index is 13.3. The van der Waals surface area contributed by atoms with Gasteiger partial charge in [0.2, 0.25) is 0 Å². The molecule has 2 heterocycles. The zero-order chi connectivity index (χ0) is 20.1. The second kappa shape index (κ2) is 9.43. The quantitative estimate of drug-likeness (QED) is 0.648. The van der Waals surface area contributed by atoms with Gasteiger partial charge in [-0.2, -0.15) is 0 Å². The van der Waals surface area contributed by atoms with Gasteiger partial charge in [0.15, 0.2) is 0 Å². The number of thiophene rings is 1. The molecule has 0 N–H and O–H groups in total. The van der Waals surface area contributed by atoms with E-state index in [4.69, 9.17) is 0 Å². The fourth-order valence-electron chi connectivity index (χ4n) is 3.03. The first-order valence-electron chi connectivity index (χ1n) is 9.25. The number of nitrogens with zero attached hydrogens (tertiary/aromatic N) is 5. The molecule has 0 spiro atoms. The van der Waals surface area contributed by atoms with Gasteiger partial charge in [-0.1, -0.05) is 0 Å². The summed E-state index contributed by atoms with van der Waals surface area (Å²) in [6.45, 7) is 5.15. The molecule has 0 aromatic carbocycles. The molecule has 0 saturated carbocycles. The Balaban J connectivity index is 2.27. The van der Waals surface area contributed by atoms with Gasteiger partial charge in [-0.25, -0.2) is 4.98 Å². The highest BCUT2D eigenvalue weighted by atomic mass is 32.1. The fraction of sp³-hybridized carbons (Fsp3) is 0.632. The van der Waals surface area contributed by atoms with E-state index in [-0.39, 0.29) is 11.5 Å². The number of rotatable bonds is 9. The Morgan fingerprint density at radius 1 is 1.07 bits per heavy atom. The number of amides is 1. The molecule has 1 amide bonds. The predicted molar refractivity (Wildman–Crippen MR) is 112 cm³/mol. The summed E-state index contributed by atoms with van der Waals surface area (Å²) in [4.78, 5) is 37.5. The van der Waals surface area contributed by atoms with Gasteiger partial charge in [-0.15, -0.1) is 11.3 Å². The summed E-state index contributed by atoms with van der Waals surface area (Å²) in [6, 6.07) is 0. The van der Waals surface area contributed by atoms with E-state index in [1.165, 1.54) is 22.2 Å². The van der Waals surface area contributed by atoms with E-state index in [1.54, 1.807) is 7.05 Å². The van der Waals surface area contributed by atoms with Crippen LogP contribution in [0.2, 0.25) is 0 Å². The molecule has 0 fully saturated rings. The van der Waals surface area contributed by atoms with Crippen LogP contribution >= 0.6 is 11.3 Å². The summed E-state index contributed by atoms with van der Waals surface area (Å²) in [5, 5.41) is 0.565. The number of carbonyl (C=O) groups is 1. The van der Waals surface area contributed by atoms with Gasteiger partial charge in [0, 0.05) is 20.1 Å². The summed E-state index contributed by atoms with van der Waals surface area (Å²) >= 11 is 1.33. The molecular formula is C19H31N5O2S. The topological polar surface area (TPSA) is 61.7 Å². The van der Waals surface area contributed by atoms with E-state index in [2.05, 4.69) is 14.8 Å². The minimum absolute atomic E-state index is 0.00932. The Morgan fingerprint density at radius 3 is 2.15 bits per heavy atom. The van der Waals surface area contributed by atoms with Crippen LogP contribution in [0.25, 0.3) is 10.2 Å². The van der Waals surface area contributed by atoms with Crippen molar-refractivity contribution >= 4 is 27.5 Å². The van der Waals surface area contributed by atoms with E-state index in [1.807, 2.05) is 40.0 Å². The largest absolute Gasteiger partial charge is 0.338 e. The van der Waals surface area contributed by atoms with Gasteiger partial charge in [-0.3, -0.25) is 9.59 Å². The van der Waals surface area contributed by atoms with Crippen LogP contribution in [-0.4, -0.2) is 84.5 Å². The normalized spacial score (nSPS) is 11.7. The lowest BCUT2D eigenvalue weighted by atomic mass is 10.2. The molecule has 2 rings (SSSR count). The van der Waals surface area contributed by atoms with Crippen LogP contribution < -0.4 is 5.56 Å². The summed E-state index contributed by atoms with van der Waals surface area (Å²) in [6.07, 6.45) is 3.36. The molecule has 7 nitrogen and oxygen atoms in total. The van der Waals surface area contributed by atoms with Crippen molar-refractivity contribution in [3.63, 3.8) is 0 Å². The van der Waals surface area contributed by atoms with Gasteiger partial charge in [0.1, 0.15) is 4.83 Å². The number of aryl methyl sites for hydroxylation is 2. The van der Waals surface area contributed by atoms with Crippen LogP contribution in [0, 0.1) is 6.92 Å². The SMILES string of the molecule is Cc1c(C(=O)N(CCCN(C)C)CCCN(C)C)sc2ncn(C)c(=O)c12. The summed E-state index contributed by atoms with van der Waals surface area (Å²) < 4.78 is 1.46. The lowest BCUT2D eigenvalue weighted by molar-refractivity contribution is 0.0749. The van der Waals surface area contributed by atoms with Crippen molar-refractivity contribution in [1.29, 1.82) is 0 Å². The summed E-state index contributed by atoms with van der Waals surface area (Å²) in [7, 11) is 9.83.